The number of nitrogens with zero attached hydrogens (tertiary/aromatic N) is 1. The topological polar surface area (TPSA) is 127 Å². The van der Waals surface area contributed by atoms with Crippen LogP contribution in [0.15, 0.2) is 12.4 Å². The first-order chi connectivity index (χ1) is 11.4. The fourth-order valence-electron chi connectivity index (χ4n) is 2.09. The molecule has 1 radical (unpaired) electrons. The van der Waals surface area contributed by atoms with Crippen LogP contribution in [0, 0.1) is 6.07 Å². The van der Waals surface area contributed by atoms with E-state index in [1.165, 1.54) is 31.0 Å². The predicted molar refractivity (Wildman–Crippen MR) is 79.7 cm³/mol. The van der Waals surface area contributed by atoms with Crippen molar-refractivity contribution in [3.05, 3.63) is 29.6 Å². The highest BCUT2D eigenvalue weighted by molar-refractivity contribution is 5.98. The average Bonchev–Trinajstić information content (AvgIpc) is 3.00. The Kier molecular flexibility index (Phi) is 5.27. The third-order valence-corrected chi connectivity index (χ3v) is 3.20. The Bertz CT molecular complexity index is 766. The molecule has 0 aliphatic heterocycles. The van der Waals surface area contributed by atoms with Gasteiger partial charge in [0.1, 0.15) is 18.3 Å². The number of rotatable bonds is 7. The fraction of sp³-hybridized carbons (Fsp3) is 0.333. The smallest absolute Gasteiger partial charge is 0.343 e. The molecule has 0 fully saturated rings. The summed E-state index contributed by atoms with van der Waals surface area (Å²) >= 11 is 0. The Labute approximate surface area is 136 Å². The second-order valence-electron chi connectivity index (χ2n) is 4.77. The summed E-state index contributed by atoms with van der Waals surface area (Å²) in [7, 11) is 2.60. The number of carboxylic acid groups (broad SMARTS) is 1. The van der Waals surface area contributed by atoms with E-state index in [2.05, 4.69) is 6.07 Å². The zero-order chi connectivity index (χ0) is 17.9. The molecule has 0 aliphatic rings. The first-order valence-corrected chi connectivity index (χ1v) is 6.81. The number of aromatic nitrogens is 1. The minimum atomic E-state index is -1.25. The molecule has 0 saturated carbocycles. The Morgan fingerprint density at radius 2 is 2.00 bits per heavy atom. The Balaban J connectivity index is 2.46. The van der Waals surface area contributed by atoms with Gasteiger partial charge in [0.25, 0.3) is 0 Å². The van der Waals surface area contributed by atoms with Gasteiger partial charge < -0.3 is 33.9 Å². The molecule has 1 atom stereocenters. The molecular formula is C15H16NO8. The molecular weight excluding hydrogens is 322 g/mol. The monoisotopic (exact) mass is 338 g/mol. The van der Waals surface area contributed by atoms with Gasteiger partial charge in [-0.25, -0.2) is 9.59 Å². The summed E-state index contributed by atoms with van der Waals surface area (Å²) in [6, 6.07) is 2.70. The van der Waals surface area contributed by atoms with E-state index in [4.69, 9.17) is 19.3 Å². The lowest BCUT2D eigenvalue weighted by molar-refractivity contribution is 0.00931. The van der Waals surface area contributed by atoms with Gasteiger partial charge >= 0.3 is 11.9 Å². The lowest BCUT2D eigenvalue weighted by atomic mass is 10.2. The van der Waals surface area contributed by atoms with Gasteiger partial charge in [-0.1, -0.05) is 0 Å². The largest absolute Gasteiger partial charge is 0.494 e. The number of hydrogen-bond acceptors (Lipinski definition) is 7. The number of aromatic carboxylic acids is 1. The molecule has 2 aromatic rings. The molecule has 1 unspecified atom stereocenters. The Morgan fingerprint density at radius 3 is 2.54 bits per heavy atom. The average molecular weight is 338 g/mol. The highest BCUT2D eigenvalue weighted by Gasteiger charge is 2.24. The van der Waals surface area contributed by atoms with Crippen molar-refractivity contribution in [2.45, 2.75) is 6.10 Å². The zero-order valence-corrected chi connectivity index (χ0v) is 13.0. The van der Waals surface area contributed by atoms with E-state index in [-0.39, 0.29) is 34.7 Å². The number of pyridine rings is 1. The Morgan fingerprint density at radius 1 is 1.29 bits per heavy atom. The van der Waals surface area contributed by atoms with E-state index in [1.807, 2.05) is 0 Å². The van der Waals surface area contributed by atoms with Crippen LogP contribution in [-0.4, -0.2) is 65.2 Å². The van der Waals surface area contributed by atoms with Crippen LogP contribution in [0.3, 0.4) is 0 Å². The molecule has 0 aliphatic carbocycles. The summed E-state index contributed by atoms with van der Waals surface area (Å²) < 4.78 is 16.4. The first kappa shape index (κ1) is 17.6. The van der Waals surface area contributed by atoms with E-state index in [1.54, 1.807) is 0 Å². The van der Waals surface area contributed by atoms with E-state index < -0.39 is 24.6 Å². The van der Waals surface area contributed by atoms with Gasteiger partial charge in [-0.3, -0.25) is 0 Å². The van der Waals surface area contributed by atoms with Crippen molar-refractivity contribution in [1.29, 1.82) is 0 Å². The van der Waals surface area contributed by atoms with Crippen LogP contribution in [0.25, 0.3) is 5.52 Å². The normalized spacial score (nSPS) is 12.0. The minimum Gasteiger partial charge on any atom is -0.494 e. The number of fused-ring (bicyclic) bond motifs is 1. The summed E-state index contributed by atoms with van der Waals surface area (Å²) in [6.07, 6.45) is 1.55. The second kappa shape index (κ2) is 7.20. The molecule has 0 aromatic carbocycles. The molecule has 0 saturated heterocycles. The number of carbonyl (C=O) groups excluding carboxylic acids is 1. The minimum absolute atomic E-state index is 0.00281. The zero-order valence-electron chi connectivity index (χ0n) is 13.0. The molecule has 0 spiro atoms. The van der Waals surface area contributed by atoms with E-state index in [0.717, 1.165) is 0 Å². The van der Waals surface area contributed by atoms with Crippen LogP contribution in [0.4, 0.5) is 0 Å². The van der Waals surface area contributed by atoms with Crippen molar-refractivity contribution in [2.75, 3.05) is 27.4 Å². The van der Waals surface area contributed by atoms with Gasteiger partial charge in [0, 0.05) is 12.3 Å². The molecule has 2 aromatic heterocycles. The van der Waals surface area contributed by atoms with Crippen molar-refractivity contribution in [3.8, 4) is 11.5 Å². The number of esters is 1. The predicted octanol–water partition coefficient (Wildman–Crippen LogP) is -0.0351. The van der Waals surface area contributed by atoms with Crippen LogP contribution in [0.1, 0.15) is 20.7 Å². The first-order valence-electron chi connectivity index (χ1n) is 6.81. The number of aliphatic hydroxyl groups excluding tert-OH is 2. The van der Waals surface area contributed by atoms with Gasteiger partial charge in [-0.2, -0.15) is 0 Å². The van der Waals surface area contributed by atoms with Crippen LogP contribution < -0.4 is 9.47 Å². The third kappa shape index (κ3) is 3.26. The molecule has 2 heterocycles. The van der Waals surface area contributed by atoms with Crippen LogP contribution in [0.5, 0.6) is 11.5 Å². The van der Waals surface area contributed by atoms with Crippen molar-refractivity contribution in [1.82, 2.24) is 4.40 Å². The molecule has 129 valence electrons. The fourth-order valence-corrected chi connectivity index (χ4v) is 2.09. The standard InChI is InChI=1S/C15H16NO8/c1-22-11-5-16-4-8(15(21)24-7-9(18)6-17)3-10(16)13(23-2)12(11)14(19)20/h4-5,9,17-18H,6-7H2,1-2H3,(H,19,20). The van der Waals surface area contributed by atoms with Gasteiger partial charge in [0.2, 0.25) is 0 Å². The SMILES string of the molecule is COc1cn2cc(C(=O)OCC(O)CO)[c]c2c(OC)c1C(=O)O. The maximum atomic E-state index is 12.0. The van der Waals surface area contributed by atoms with Crippen molar-refractivity contribution in [3.63, 3.8) is 0 Å². The van der Waals surface area contributed by atoms with Gasteiger partial charge in [0.15, 0.2) is 11.5 Å². The van der Waals surface area contributed by atoms with E-state index >= 15 is 0 Å². The highest BCUT2D eigenvalue weighted by atomic mass is 16.5. The van der Waals surface area contributed by atoms with Crippen molar-refractivity contribution >= 4 is 17.5 Å². The number of hydrogen-bond donors (Lipinski definition) is 3. The van der Waals surface area contributed by atoms with Gasteiger partial charge in [-0.05, 0) is 0 Å². The summed E-state index contributed by atoms with van der Waals surface area (Å²) in [5.41, 5.74) is 0.0193. The van der Waals surface area contributed by atoms with Crippen molar-refractivity contribution in [2.24, 2.45) is 0 Å². The molecule has 0 amide bonds. The van der Waals surface area contributed by atoms with E-state index in [9.17, 15) is 19.8 Å². The maximum Gasteiger partial charge on any atom is 0.343 e. The lowest BCUT2D eigenvalue weighted by Crippen LogP contribution is -2.21. The summed E-state index contributed by atoms with van der Waals surface area (Å²) in [6.45, 7) is -0.919. The van der Waals surface area contributed by atoms with Gasteiger partial charge in [-0.15, -0.1) is 0 Å². The van der Waals surface area contributed by atoms with Crippen LogP contribution >= 0.6 is 0 Å². The molecule has 9 heteroatoms. The molecule has 9 nitrogen and oxygen atoms in total. The number of methoxy groups -OCH3 is 2. The van der Waals surface area contributed by atoms with Gasteiger partial charge in [0.05, 0.1) is 38.1 Å². The number of carbonyl (C=O) groups is 2. The molecule has 3 N–H and O–H groups in total. The molecule has 24 heavy (non-hydrogen) atoms. The molecule has 2 rings (SSSR count). The maximum absolute atomic E-state index is 12.0. The number of aliphatic hydroxyl groups is 2. The van der Waals surface area contributed by atoms with Crippen molar-refractivity contribution < 1.29 is 39.1 Å². The van der Waals surface area contributed by atoms with E-state index in [0.29, 0.717) is 0 Å². The second-order valence-corrected chi connectivity index (χ2v) is 4.77. The van der Waals surface area contributed by atoms with Crippen LogP contribution in [0.2, 0.25) is 0 Å². The third-order valence-electron chi connectivity index (χ3n) is 3.20. The number of ether oxygens (including phenoxy) is 3. The summed E-state index contributed by atoms with van der Waals surface area (Å²) in [5.74, 6) is -2.01. The summed E-state index contributed by atoms with van der Waals surface area (Å²) in [4.78, 5) is 23.4. The Hall–Kier alpha value is -2.78. The number of carboxylic acids is 1. The molecule has 0 bridgehead atoms. The lowest BCUT2D eigenvalue weighted by Gasteiger charge is -2.11. The van der Waals surface area contributed by atoms with Crippen LogP contribution in [-0.2, 0) is 4.74 Å². The quantitative estimate of drug-likeness (QED) is 0.601. The highest BCUT2D eigenvalue weighted by Crippen LogP contribution is 2.33. The summed E-state index contributed by atoms with van der Waals surface area (Å²) in [5, 5.41) is 27.2.